The Hall–Kier alpha value is -3.66. The number of methoxy groups -OCH3 is 1. The van der Waals surface area contributed by atoms with Crippen LogP contribution in [0.4, 0.5) is 16.2 Å². The first-order chi connectivity index (χ1) is 13.3. The summed E-state index contributed by atoms with van der Waals surface area (Å²) in [5.41, 5.74) is -0.528. The van der Waals surface area contributed by atoms with Crippen molar-refractivity contribution in [1.29, 1.82) is 0 Å². The van der Waals surface area contributed by atoms with E-state index < -0.39 is 35.1 Å². The van der Waals surface area contributed by atoms with Gasteiger partial charge in [0.05, 0.1) is 12.0 Å². The van der Waals surface area contributed by atoms with E-state index in [1.54, 1.807) is 24.3 Å². The second-order valence-corrected chi connectivity index (χ2v) is 5.66. The van der Waals surface area contributed by atoms with Crippen LogP contribution in [-0.2, 0) is 9.53 Å². The van der Waals surface area contributed by atoms with Gasteiger partial charge in [-0.1, -0.05) is 11.6 Å². The molecule has 10 nitrogen and oxygen atoms in total. The Kier molecular flexibility index (Phi) is 6.88. The topological polar surface area (TPSA) is 137 Å². The van der Waals surface area contributed by atoms with Crippen molar-refractivity contribution < 1.29 is 28.8 Å². The summed E-state index contributed by atoms with van der Waals surface area (Å²) in [6.45, 7) is -0.811. The summed E-state index contributed by atoms with van der Waals surface area (Å²) in [6, 6.07) is 8.86. The van der Waals surface area contributed by atoms with Gasteiger partial charge in [-0.25, -0.2) is 9.59 Å². The number of halogens is 1. The minimum Gasteiger partial charge on any atom is -0.497 e. The molecule has 0 fully saturated rings. The van der Waals surface area contributed by atoms with Crippen molar-refractivity contribution in [2.45, 2.75) is 0 Å². The highest BCUT2D eigenvalue weighted by molar-refractivity contribution is 6.31. The Morgan fingerprint density at radius 1 is 1.14 bits per heavy atom. The van der Waals surface area contributed by atoms with Crippen LogP contribution in [0.5, 0.6) is 5.75 Å². The van der Waals surface area contributed by atoms with E-state index in [9.17, 15) is 24.5 Å². The standard InChI is InChI=1S/C17H14ClN3O7/c1-27-12-5-3-11(4-6-12)19-17(24)20-15(22)9-28-16(23)13-7-2-10(18)8-14(13)21(25)26/h2-8H,9H2,1H3,(H2,19,20,22,24). The molecule has 2 rings (SSSR count). The van der Waals surface area contributed by atoms with E-state index >= 15 is 0 Å². The summed E-state index contributed by atoms with van der Waals surface area (Å²) in [5, 5.41) is 15.4. The molecule has 0 unspecified atom stereocenters. The second-order valence-electron chi connectivity index (χ2n) is 5.23. The largest absolute Gasteiger partial charge is 0.497 e. The van der Waals surface area contributed by atoms with Crippen molar-refractivity contribution >= 4 is 40.9 Å². The average Bonchev–Trinajstić information content (AvgIpc) is 2.66. The number of amides is 3. The third-order valence-electron chi connectivity index (χ3n) is 3.31. The number of nitro benzene ring substituents is 1. The van der Waals surface area contributed by atoms with Crippen LogP contribution in [0, 0.1) is 10.1 Å². The molecule has 0 saturated heterocycles. The first kappa shape index (κ1) is 20.6. The van der Waals surface area contributed by atoms with Crippen molar-refractivity contribution in [1.82, 2.24) is 5.32 Å². The molecule has 0 saturated carbocycles. The van der Waals surface area contributed by atoms with Crippen LogP contribution in [0.25, 0.3) is 0 Å². The SMILES string of the molecule is COc1ccc(NC(=O)NC(=O)COC(=O)c2ccc(Cl)cc2[N+](=O)[O-])cc1. The predicted octanol–water partition coefficient (Wildman–Crippen LogP) is 2.76. The van der Waals surface area contributed by atoms with Gasteiger partial charge in [0.25, 0.3) is 11.6 Å². The number of urea groups is 1. The van der Waals surface area contributed by atoms with Gasteiger partial charge in [-0.2, -0.15) is 0 Å². The Balaban J connectivity index is 1.88. The fraction of sp³-hybridized carbons (Fsp3) is 0.118. The molecular formula is C17H14ClN3O7. The summed E-state index contributed by atoms with van der Waals surface area (Å²) < 4.78 is 9.69. The molecule has 0 radical (unpaired) electrons. The fourth-order valence-corrected chi connectivity index (χ4v) is 2.20. The summed E-state index contributed by atoms with van der Waals surface area (Å²) in [4.78, 5) is 45.6. The highest BCUT2D eigenvalue weighted by Crippen LogP contribution is 2.23. The minimum atomic E-state index is -1.10. The summed E-state index contributed by atoms with van der Waals surface area (Å²) >= 11 is 5.66. The summed E-state index contributed by atoms with van der Waals surface area (Å²) in [5.74, 6) is -1.43. The van der Waals surface area contributed by atoms with Crippen LogP contribution in [0.3, 0.4) is 0 Å². The van der Waals surface area contributed by atoms with Gasteiger partial charge < -0.3 is 14.8 Å². The van der Waals surface area contributed by atoms with E-state index in [1.807, 2.05) is 5.32 Å². The maximum Gasteiger partial charge on any atom is 0.345 e. The van der Waals surface area contributed by atoms with Crippen LogP contribution in [0.2, 0.25) is 5.02 Å². The van der Waals surface area contributed by atoms with E-state index in [1.165, 1.54) is 13.2 Å². The van der Waals surface area contributed by atoms with Gasteiger partial charge in [0, 0.05) is 16.8 Å². The highest BCUT2D eigenvalue weighted by Gasteiger charge is 2.22. The lowest BCUT2D eigenvalue weighted by Crippen LogP contribution is -2.37. The third kappa shape index (κ3) is 5.68. The lowest BCUT2D eigenvalue weighted by Gasteiger charge is -2.08. The van der Waals surface area contributed by atoms with Crippen molar-refractivity contribution in [2.75, 3.05) is 19.0 Å². The van der Waals surface area contributed by atoms with Gasteiger partial charge in [0.2, 0.25) is 0 Å². The van der Waals surface area contributed by atoms with Crippen molar-refractivity contribution in [3.63, 3.8) is 0 Å². The van der Waals surface area contributed by atoms with Crippen molar-refractivity contribution in [3.8, 4) is 5.75 Å². The molecular weight excluding hydrogens is 394 g/mol. The molecule has 146 valence electrons. The third-order valence-corrected chi connectivity index (χ3v) is 3.55. The number of ether oxygens (including phenoxy) is 2. The normalized spacial score (nSPS) is 9.93. The molecule has 2 N–H and O–H groups in total. The lowest BCUT2D eigenvalue weighted by atomic mass is 10.2. The average molecular weight is 408 g/mol. The molecule has 0 aliphatic carbocycles. The fourth-order valence-electron chi connectivity index (χ4n) is 2.04. The number of imide groups is 1. The zero-order valence-corrected chi connectivity index (χ0v) is 15.2. The van der Waals surface area contributed by atoms with Gasteiger partial charge in [-0.05, 0) is 36.4 Å². The molecule has 0 heterocycles. The number of carbonyl (C=O) groups is 3. The molecule has 11 heteroatoms. The monoisotopic (exact) mass is 407 g/mol. The zero-order valence-electron chi connectivity index (χ0n) is 14.4. The first-order valence-corrected chi connectivity index (χ1v) is 8.04. The van der Waals surface area contributed by atoms with E-state index in [2.05, 4.69) is 5.32 Å². The van der Waals surface area contributed by atoms with Crippen LogP contribution in [0.1, 0.15) is 10.4 Å². The zero-order chi connectivity index (χ0) is 20.7. The number of rotatable bonds is 6. The van der Waals surface area contributed by atoms with Gasteiger partial charge >= 0.3 is 12.0 Å². The lowest BCUT2D eigenvalue weighted by molar-refractivity contribution is -0.385. The van der Waals surface area contributed by atoms with Crippen molar-refractivity contribution in [2.24, 2.45) is 0 Å². The van der Waals surface area contributed by atoms with Gasteiger partial charge in [0.1, 0.15) is 11.3 Å². The Labute approximate surface area is 163 Å². The number of anilines is 1. The van der Waals surface area contributed by atoms with Crippen LogP contribution in [0.15, 0.2) is 42.5 Å². The van der Waals surface area contributed by atoms with Gasteiger partial charge in [-0.3, -0.25) is 20.2 Å². The second kappa shape index (κ2) is 9.33. The van der Waals surface area contributed by atoms with Crippen LogP contribution >= 0.6 is 11.6 Å². The Morgan fingerprint density at radius 2 is 1.82 bits per heavy atom. The number of benzene rings is 2. The van der Waals surface area contributed by atoms with Gasteiger partial charge in [0.15, 0.2) is 6.61 Å². The van der Waals surface area contributed by atoms with Gasteiger partial charge in [-0.15, -0.1) is 0 Å². The molecule has 3 amide bonds. The minimum absolute atomic E-state index is 0.0659. The molecule has 28 heavy (non-hydrogen) atoms. The molecule has 0 atom stereocenters. The van der Waals surface area contributed by atoms with E-state index in [0.717, 1.165) is 12.1 Å². The highest BCUT2D eigenvalue weighted by atomic mass is 35.5. The maximum atomic E-state index is 12.0. The summed E-state index contributed by atoms with van der Waals surface area (Å²) in [6.07, 6.45) is 0. The first-order valence-electron chi connectivity index (χ1n) is 7.66. The molecule has 0 aliphatic rings. The Bertz CT molecular complexity index is 915. The number of nitro groups is 1. The van der Waals surface area contributed by atoms with E-state index in [0.29, 0.717) is 11.4 Å². The molecule has 0 bridgehead atoms. The maximum absolute atomic E-state index is 12.0. The number of hydrogen-bond donors (Lipinski definition) is 2. The number of nitrogens with one attached hydrogen (secondary N) is 2. The van der Waals surface area contributed by atoms with E-state index in [-0.39, 0.29) is 10.6 Å². The molecule has 2 aromatic carbocycles. The quantitative estimate of drug-likeness (QED) is 0.426. The summed E-state index contributed by atoms with van der Waals surface area (Å²) in [7, 11) is 1.49. The molecule has 0 aliphatic heterocycles. The van der Waals surface area contributed by atoms with Crippen LogP contribution < -0.4 is 15.4 Å². The number of hydrogen-bond acceptors (Lipinski definition) is 7. The number of esters is 1. The molecule has 0 spiro atoms. The van der Waals surface area contributed by atoms with Crippen molar-refractivity contribution in [3.05, 3.63) is 63.2 Å². The molecule has 2 aromatic rings. The molecule has 0 aromatic heterocycles. The predicted molar refractivity (Wildman–Crippen MR) is 98.5 cm³/mol. The Morgan fingerprint density at radius 3 is 2.43 bits per heavy atom. The number of carbonyl (C=O) groups excluding carboxylic acids is 3. The number of nitrogens with zero attached hydrogens (tertiary/aromatic N) is 1. The smallest absolute Gasteiger partial charge is 0.345 e. The van der Waals surface area contributed by atoms with Crippen LogP contribution in [-0.4, -0.2) is 36.5 Å². The van der Waals surface area contributed by atoms with E-state index in [4.69, 9.17) is 21.1 Å².